The summed E-state index contributed by atoms with van der Waals surface area (Å²) in [5.41, 5.74) is 5.02. The van der Waals surface area contributed by atoms with Gasteiger partial charge in [0.15, 0.2) is 0 Å². The van der Waals surface area contributed by atoms with Gasteiger partial charge in [0, 0.05) is 11.9 Å². The van der Waals surface area contributed by atoms with E-state index in [2.05, 4.69) is 51.0 Å². The lowest BCUT2D eigenvalue weighted by Gasteiger charge is -2.58. The molecule has 0 spiro atoms. The van der Waals surface area contributed by atoms with E-state index >= 15 is 0 Å². The first-order chi connectivity index (χ1) is 23.1. The third-order valence-corrected chi connectivity index (χ3v) is 13.3. The third kappa shape index (κ3) is 7.47. The maximum absolute atomic E-state index is 12.8. The molecule has 1 amide bonds. The molecule has 0 saturated heterocycles. The molecule has 3 fully saturated rings. The number of methoxy groups -OCH3 is 1. The van der Waals surface area contributed by atoms with Crippen LogP contribution in [0, 0.1) is 46.3 Å². The number of carbonyl (C=O) groups excluding carboxylic acids is 1. The second kappa shape index (κ2) is 14.9. The molecule has 260 valence electrons. The summed E-state index contributed by atoms with van der Waals surface area (Å²) in [6.07, 6.45) is 18.9. The second-order valence-corrected chi connectivity index (χ2v) is 16.6. The molecule has 0 aromatic heterocycles. The maximum atomic E-state index is 12.8. The fraction of sp³-hybridized carbons (Fsp3) is 0.628. The van der Waals surface area contributed by atoms with Crippen molar-refractivity contribution in [1.29, 1.82) is 0 Å². The Morgan fingerprint density at radius 1 is 0.958 bits per heavy atom. The fourth-order valence-corrected chi connectivity index (χ4v) is 10.7. The molecule has 6 rings (SSSR count). The Hall–Kier alpha value is -2.92. The molecule has 8 atom stereocenters. The number of anilines is 1. The van der Waals surface area contributed by atoms with Crippen molar-refractivity contribution in [2.24, 2.45) is 51.3 Å². The molecular weight excluding hydrogens is 592 g/mol. The molecule has 5 nitrogen and oxygen atoms in total. The van der Waals surface area contributed by atoms with Crippen LogP contribution in [0.4, 0.5) is 11.4 Å². The number of nitrogens with zero attached hydrogens (tertiary/aromatic N) is 1. The Labute approximate surface area is 290 Å². The Bertz CT molecular complexity index is 1450. The summed E-state index contributed by atoms with van der Waals surface area (Å²) in [5, 5.41) is 3.00. The van der Waals surface area contributed by atoms with Gasteiger partial charge in [0.05, 0.1) is 18.9 Å². The van der Waals surface area contributed by atoms with E-state index in [1.807, 2.05) is 54.7 Å². The lowest BCUT2D eigenvalue weighted by atomic mass is 9.47. The highest BCUT2D eigenvalue weighted by Crippen LogP contribution is 2.67. The van der Waals surface area contributed by atoms with E-state index < -0.39 is 0 Å². The summed E-state index contributed by atoms with van der Waals surface area (Å²) in [6.45, 7) is 12.7. The van der Waals surface area contributed by atoms with E-state index in [9.17, 15) is 4.79 Å². The Balaban J connectivity index is 0.988. The van der Waals surface area contributed by atoms with Crippen molar-refractivity contribution in [1.82, 2.24) is 0 Å². The predicted octanol–water partition coefficient (Wildman–Crippen LogP) is 10.8. The molecule has 5 heteroatoms. The molecule has 4 aliphatic carbocycles. The average molecular weight is 653 g/mol. The van der Waals surface area contributed by atoms with Gasteiger partial charge in [-0.25, -0.2) is 0 Å². The van der Waals surface area contributed by atoms with Crippen molar-refractivity contribution >= 4 is 23.5 Å². The summed E-state index contributed by atoms with van der Waals surface area (Å²) in [7, 11) is 1.66. The molecule has 4 aliphatic rings. The van der Waals surface area contributed by atoms with E-state index in [1.165, 1.54) is 57.8 Å². The first-order valence-electron chi connectivity index (χ1n) is 19.0. The number of amides is 1. The van der Waals surface area contributed by atoms with Gasteiger partial charge in [-0.2, -0.15) is 0 Å². The number of nitrogens with one attached hydrogen (secondary N) is 1. The van der Waals surface area contributed by atoms with Crippen LogP contribution in [-0.2, 0) is 9.53 Å². The highest BCUT2D eigenvalue weighted by atomic mass is 16.5. The van der Waals surface area contributed by atoms with E-state index in [0.29, 0.717) is 10.8 Å². The third-order valence-electron chi connectivity index (χ3n) is 13.3. The number of hydrogen-bond acceptors (Lipinski definition) is 4. The Morgan fingerprint density at radius 3 is 2.46 bits per heavy atom. The summed E-state index contributed by atoms with van der Waals surface area (Å²) in [5.74, 6) is 5.83. The number of rotatable bonds is 12. The van der Waals surface area contributed by atoms with Gasteiger partial charge < -0.3 is 14.8 Å². The number of ether oxygens (including phenoxy) is 2. The second-order valence-electron chi connectivity index (χ2n) is 16.6. The van der Waals surface area contributed by atoms with Crippen LogP contribution in [0.2, 0.25) is 0 Å². The first-order valence-corrected chi connectivity index (χ1v) is 19.0. The molecule has 0 heterocycles. The monoisotopic (exact) mass is 652 g/mol. The minimum Gasteiger partial charge on any atom is -0.497 e. The quantitative estimate of drug-likeness (QED) is 0.183. The van der Waals surface area contributed by atoms with Crippen molar-refractivity contribution < 1.29 is 14.3 Å². The van der Waals surface area contributed by atoms with Crippen molar-refractivity contribution in [2.75, 3.05) is 19.0 Å². The van der Waals surface area contributed by atoms with Gasteiger partial charge in [-0.3, -0.25) is 9.79 Å². The van der Waals surface area contributed by atoms with Crippen LogP contribution in [0.1, 0.15) is 111 Å². The first kappa shape index (κ1) is 34.9. The van der Waals surface area contributed by atoms with Gasteiger partial charge in [-0.1, -0.05) is 65.5 Å². The zero-order valence-corrected chi connectivity index (χ0v) is 30.5. The Morgan fingerprint density at radius 2 is 1.73 bits per heavy atom. The maximum Gasteiger partial charge on any atom is 0.250 e. The van der Waals surface area contributed by atoms with Crippen LogP contribution in [-0.4, -0.2) is 31.9 Å². The summed E-state index contributed by atoms with van der Waals surface area (Å²) < 4.78 is 11.5. The number of hydrogen-bond donors (Lipinski definition) is 1. The molecule has 0 unspecified atom stereocenters. The number of allylic oxidation sites excluding steroid dienone is 1. The van der Waals surface area contributed by atoms with Crippen molar-refractivity contribution in [3.05, 3.63) is 65.7 Å². The highest BCUT2D eigenvalue weighted by Gasteiger charge is 2.59. The Kier molecular flexibility index (Phi) is 10.8. The minimum absolute atomic E-state index is 0.0925. The minimum atomic E-state index is -0.101. The van der Waals surface area contributed by atoms with E-state index in [1.54, 1.807) is 12.7 Å². The van der Waals surface area contributed by atoms with Crippen molar-refractivity contribution in [2.45, 2.75) is 111 Å². The van der Waals surface area contributed by atoms with E-state index in [4.69, 9.17) is 9.47 Å². The average Bonchev–Trinajstić information content (AvgIpc) is 3.44. The van der Waals surface area contributed by atoms with E-state index in [0.717, 1.165) is 71.0 Å². The summed E-state index contributed by atoms with van der Waals surface area (Å²) in [4.78, 5) is 17.4. The summed E-state index contributed by atoms with van der Waals surface area (Å²) >= 11 is 0. The fourth-order valence-electron chi connectivity index (χ4n) is 10.7. The van der Waals surface area contributed by atoms with Gasteiger partial charge >= 0.3 is 0 Å². The van der Waals surface area contributed by atoms with Gasteiger partial charge in [0.25, 0.3) is 0 Å². The van der Waals surface area contributed by atoms with Crippen LogP contribution in [0.5, 0.6) is 5.75 Å². The molecule has 3 saturated carbocycles. The zero-order chi connectivity index (χ0) is 33.9. The number of fused-ring (bicyclic) bond motifs is 5. The highest BCUT2D eigenvalue weighted by molar-refractivity contribution is 5.92. The van der Waals surface area contributed by atoms with Crippen molar-refractivity contribution in [3.8, 4) is 5.75 Å². The zero-order valence-electron chi connectivity index (χ0n) is 30.5. The predicted molar refractivity (Wildman–Crippen MR) is 198 cm³/mol. The van der Waals surface area contributed by atoms with Gasteiger partial charge in [-0.05, 0) is 152 Å². The van der Waals surface area contributed by atoms with Crippen LogP contribution < -0.4 is 10.1 Å². The van der Waals surface area contributed by atoms with Crippen molar-refractivity contribution in [3.63, 3.8) is 0 Å². The van der Waals surface area contributed by atoms with Crippen LogP contribution in [0.3, 0.4) is 0 Å². The lowest BCUT2D eigenvalue weighted by molar-refractivity contribution is -0.123. The SMILES string of the molecule is COc1ccc(C=Nc2ccc(NC(=O)CO[C@H]3CC[C@@]4(C)C(=CC[C@H]5[C@@H]6CC[C@H]([C@H](C)CCCC(C)C)[C@@]6(C)CC[C@@H]54)C3)cc2)cc1. The largest absolute Gasteiger partial charge is 0.497 e. The van der Waals surface area contributed by atoms with Crippen LogP contribution in [0.25, 0.3) is 0 Å². The number of carbonyl (C=O) groups is 1. The molecule has 1 N–H and O–H groups in total. The van der Waals surface area contributed by atoms with E-state index in [-0.39, 0.29) is 18.6 Å². The molecule has 48 heavy (non-hydrogen) atoms. The standard InChI is InChI=1S/C43H60N2O3/c1-29(2)8-7-9-30(3)38-20-21-39-37-19-12-32-26-36(22-24-42(32,4)40(37)23-25-43(38,39)5)48-28-41(46)45-34-15-13-33(14-16-34)44-27-31-10-17-35(47-6)18-11-31/h10-18,27,29-30,36-40H,7-9,19-26,28H2,1-6H3,(H,45,46)/t30-,36+,37+,38-,39+,40+,42+,43-/m1/s1. The van der Waals surface area contributed by atoms with Gasteiger partial charge in [-0.15, -0.1) is 0 Å². The number of benzene rings is 2. The molecule has 0 radical (unpaired) electrons. The van der Waals surface area contributed by atoms with Gasteiger partial charge in [0.2, 0.25) is 5.91 Å². The normalized spacial score (nSPS) is 31.9. The molecule has 2 aromatic carbocycles. The topological polar surface area (TPSA) is 59.9 Å². The van der Waals surface area contributed by atoms with Crippen LogP contribution in [0.15, 0.2) is 65.2 Å². The molecule has 0 aliphatic heterocycles. The molecule has 2 aromatic rings. The smallest absolute Gasteiger partial charge is 0.250 e. The number of aliphatic imine (C=N–C) groups is 1. The molecular formula is C43H60N2O3. The van der Waals surface area contributed by atoms with Crippen LogP contribution >= 0.6 is 0 Å². The molecule has 0 bridgehead atoms. The van der Waals surface area contributed by atoms with Gasteiger partial charge in [0.1, 0.15) is 12.4 Å². The summed E-state index contributed by atoms with van der Waals surface area (Å²) in [6, 6.07) is 15.4. The lowest BCUT2D eigenvalue weighted by Crippen LogP contribution is -2.51.